The molecule has 0 fully saturated rings. The molecule has 0 saturated carbocycles. The molecule has 9 nitrogen and oxygen atoms in total. The zero-order chi connectivity index (χ0) is 33.2. The van der Waals surface area contributed by atoms with Crippen LogP contribution in [0, 0.1) is 0 Å². The third kappa shape index (κ3) is 11.6. The maximum absolute atomic E-state index is 13.4. The normalized spacial score (nSPS) is 12.9. The minimum atomic E-state index is -3.96. The Bertz CT molecular complexity index is 1330. The smallest absolute Gasteiger partial charge is 0.253 e. The van der Waals surface area contributed by atoms with Crippen LogP contribution in [0.5, 0.6) is 5.75 Å². The molecule has 2 aromatic rings. The average Bonchev–Trinajstić information content (AvgIpc) is 2.92. The second kappa shape index (κ2) is 16.3. The summed E-state index contributed by atoms with van der Waals surface area (Å²) < 4.78 is 53.5. The van der Waals surface area contributed by atoms with Gasteiger partial charge in [0.05, 0.1) is 11.5 Å². The number of hydrogen-bond acceptors (Lipinski definition) is 9. The number of sulfone groups is 2. The molecule has 1 heterocycles. The Labute approximate surface area is 267 Å². The molecule has 44 heavy (non-hydrogen) atoms. The van der Waals surface area contributed by atoms with Crippen molar-refractivity contribution in [3.05, 3.63) is 23.3 Å². The quantitative estimate of drug-likeness (QED) is 0.120. The van der Waals surface area contributed by atoms with Crippen LogP contribution in [0.2, 0.25) is 0 Å². The SMILES string of the molecule is CCCCCCCCS(=O)(=O)c1nc(Nc2cc(C(C)(C)C)c(O)c(C(C)(C)C)c2)nc(S(=O)(=O)CCCCCCCC)n1. The van der Waals surface area contributed by atoms with Crippen LogP contribution in [0.3, 0.4) is 0 Å². The lowest BCUT2D eigenvalue weighted by Gasteiger charge is -2.28. The average molecular weight is 653 g/mol. The first-order chi connectivity index (χ1) is 20.4. The molecule has 11 heteroatoms. The standard InChI is InChI=1S/C33H56N4O5S2/c1-9-11-13-15-17-19-21-43(39,40)30-35-29(36-31(37-30)44(41,42)22-20-18-16-14-12-10-2)34-25-23-26(32(3,4)5)28(38)27(24-25)33(6,7)8/h23-24,38H,9-22H2,1-8H3,(H,34,35,36,37). The topological polar surface area (TPSA) is 139 Å². The monoisotopic (exact) mass is 652 g/mol. The third-order valence-corrected chi connectivity index (χ3v) is 10.8. The van der Waals surface area contributed by atoms with Crippen molar-refractivity contribution >= 4 is 31.3 Å². The van der Waals surface area contributed by atoms with Crippen molar-refractivity contribution in [2.75, 3.05) is 16.8 Å². The van der Waals surface area contributed by atoms with Crippen molar-refractivity contribution < 1.29 is 21.9 Å². The number of anilines is 2. The molecule has 0 unspecified atom stereocenters. The van der Waals surface area contributed by atoms with Gasteiger partial charge in [0.25, 0.3) is 10.3 Å². The zero-order valence-corrected chi connectivity index (χ0v) is 29.9. The number of phenolic OH excluding ortho intramolecular Hbond substituents is 1. The number of unbranched alkanes of at least 4 members (excludes halogenated alkanes) is 10. The van der Waals surface area contributed by atoms with E-state index < -0.39 is 40.8 Å². The summed E-state index contributed by atoms with van der Waals surface area (Å²) in [5, 5.41) is 13.1. The molecule has 0 atom stereocenters. The van der Waals surface area contributed by atoms with Crippen LogP contribution < -0.4 is 5.32 Å². The highest BCUT2D eigenvalue weighted by atomic mass is 32.2. The van der Waals surface area contributed by atoms with Gasteiger partial charge >= 0.3 is 0 Å². The summed E-state index contributed by atoms with van der Waals surface area (Å²) in [5.41, 5.74) is 1.08. The fraction of sp³-hybridized carbons (Fsp3) is 0.727. The number of rotatable bonds is 18. The molecule has 1 aromatic heterocycles. The van der Waals surface area contributed by atoms with Crippen LogP contribution in [0.15, 0.2) is 22.4 Å². The lowest BCUT2D eigenvalue weighted by Crippen LogP contribution is -2.20. The van der Waals surface area contributed by atoms with E-state index in [0.29, 0.717) is 29.7 Å². The number of nitrogens with one attached hydrogen (secondary N) is 1. The highest BCUT2D eigenvalue weighted by Gasteiger charge is 2.29. The maximum Gasteiger partial charge on any atom is 0.253 e. The van der Waals surface area contributed by atoms with E-state index in [0.717, 1.165) is 64.2 Å². The zero-order valence-electron chi connectivity index (χ0n) is 28.3. The van der Waals surface area contributed by atoms with E-state index in [1.54, 1.807) is 12.1 Å². The number of aromatic hydroxyl groups is 1. The summed E-state index contributed by atoms with van der Waals surface area (Å²) >= 11 is 0. The number of nitrogens with zero attached hydrogens (tertiary/aromatic N) is 3. The number of aromatic nitrogens is 3. The van der Waals surface area contributed by atoms with Gasteiger partial charge in [-0.2, -0.15) is 15.0 Å². The van der Waals surface area contributed by atoms with E-state index >= 15 is 0 Å². The van der Waals surface area contributed by atoms with Crippen molar-refractivity contribution in [2.24, 2.45) is 0 Å². The van der Waals surface area contributed by atoms with E-state index in [9.17, 15) is 21.9 Å². The van der Waals surface area contributed by atoms with E-state index in [-0.39, 0.29) is 23.2 Å². The summed E-state index contributed by atoms with van der Waals surface area (Å²) in [5.74, 6) is -0.300. The fourth-order valence-electron chi connectivity index (χ4n) is 4.98. The second-order valence-corrected chi connectivity index (χ2v) is 17.9. The Hall–Kier alpha value is -2.27. The second-order valence-electron chi connectivity index (χ2n) is 13.9. The lowest BCUT2D eigenvalue weighted by molar-refractivity contribution is 0.423. The predicted octanol–water partition coefficient (Wildman–Crippen LogP) is 8.18. The number of hydrogen-bond donors (Lipinski definition) is 2. The van der Waals surface area contributed by atoms with Crippen LogP contribution in [0.1, 0.15) is 144 Å². The van der Waals surface area contributed by atoms with Gasteiger partial charge in [0, 0.05) is 16.8 Å². The van der Waals surface area contributed by atoms with E-state index in [1.165, 1.54) is 0 Å². The molecule has 2 N–H and O–H groups in total. The van der Waals surface area contributed by atoms with Crippen molar-refractivity contribution in [1.29, 1.82) is 0 Å². The molecular weight excluding hydrogens is 597 g/mol. The van der Waals surface area contributed by atoms with Crippen LogP contribution >= 0.6 is 0 Å². The van der Waals surface area contributed by atoms with Gasteiger partial charge in [0.2, 0.25) is 25.6 Å². The Balaban J connectivity index is 2.51. The molecular formula is C33H56N4O5S2. The van der Waals surface area contributed by atoms with Gasteiger partial charge in [0.1, 0.15) is 5.75 Å². The Kier molecular flexibility index (Phi) is 14.1. The van der Waals surface area contributed by atoms with Crippen molar-refractivity contribution in [1.82, 2.24) is 15.0 Å². The van der Waals surface area contributed by atoms with Gasteiger partial charge in [-0.15, -0.1) is 0 Å². The van der Waals surface area contributed by atoms with Gasteiger partial charge in [0.15, 0.2) is 0 Å². The minimum absolute atomic E-state index is 0.159. The van der Waals surface area contributed by atoms with E-state index in [2.05, 4.69) is 34.1 Å². The fourth-order valence-corrected chi connectivity index (χ4v) is 7.47. The van der Waals surface area contributed by atoms with Gasteiger partial charge in [-0.1, -0.05) is 120 Å². The lowest BCUT2D eigenvalue weighted by atomic mass is 9.79. The summed E-state index contributed by atoms with van der Waals surface area (Å²) in [4.78, 5) is 12.5. The van der Waals surface area contributed by atoms with E-state index in [4.69, 9.17) is 0 Å². The molecule has 2 rings (SSSR count). The van der Waals surface area contributed by atoms with Crippen LogP contribution in [0.4, 0.5) is 11.6 Å². The summed E-state index contributed by atoms with van der Waals surface area (Å²) in [6, 6.07) is 3.53. The van der Waals surface area contributed by atoms with Gasteiger partial charge in [-0.3, -0.25) is 0 Å². The summed E-state index contributed by atoms with van der Waals surface area (Å²) in [6.07, 6.45) is 10.8. The predicted molar refractivity (Wildman–Crippen MR) is 179 cm³/mol. The maximum atomic E-state index is 13.4. The summed E-state index contributed by atoms with van der Waals surface area (Å²) in [6.45, 7) is 16.2. The highest BCUT2D eigenvalue weighted by molar-refractivity contribution is 7.91. The van der Waals surface area contributed by atoms with Crippen molar-refractivity contribution in [2.45, 2.75) is 154 Å². The first-order valence-electron chi connectivity index (χ1n) is 16.3. The highest BCUT2D eigenvalue weighted by Crippen LogP contribution is 2.41. The van der Waals surface area contributed by atoms with Crippen molar-refractivity contribution in [3.63, 3.8) is 0 Å². The molecule has 250 valence electrons. The molecule has 0 aliphatic carbocycles. The third-order valence-electron chi connectivity index (χ3n) is 7.67. The summed E-state index contributed by atoms with van der Waals surface area (Å²) in [7, 11) is -7.92. The first-order valence-corrected chi connectivity index (χ1v) is 19.6. The molecule has 0 radical (unpaired) electrons. The number of benzene rings is 1. The molecule has 0 aliphatic rings. The van der Waals surface area contributed by atoms with Crippen LogP contribution in [-0.4, -0.2) is 48.4 Å². The van der Waals surface area contributed by atoms with Crippen LogP contribution in [-0.2, 0) is 30.5 Å². The molecule has 0 aliphatic heterocycles. The van der Waals surface area contributed by atoms with Gasteiger partial charge in [-0.25, -0.2) is 16.8 Å². The Morgan fingerprint density at radius 3 is 1.34 bits per heavy atom. The molecule has 0 spiro atoms. The van der Waals surface area contributed by atoms with Gasteiger partial charge < -0.3 is 10.4 Å². The van der Waals surface area contributed by atoms with Crippen LogP contribution in [0.25, 0.3) is 0 Å². The number of phenols is 1. The molecule has 0 amide bonds. The molecule has 0 bridgehead atoms. The molecule has 0 saturated heterocycles. The van der Waals surface area contributed by atoms with E-state index in [1.807, 2.05) is 41.5 Å². The minimum Gasteiger partial charge on any atom is -0.507 e. The largest absolute Gasteiger partial charge is 0.507 e. The molecule has 1 aromatic carbocycles. The Morgan fingerprint density at radius 1 is 0.614 bits per heavy atom. The van der Waals surface area contributed by atoms with Crippen molar-refractivity contribution in [3.8, 4) is 5.75 Å². The Morgan fingerprint density at radius 2 is 0.977 bits per heavy atom. The van der Waals surface area contributed by atoms with Gasteiger partial charge in [-0.05, 0) is 35.8 Å². The first kappa shape index (κ1) is 37.9.